The fourth-order valence-corrected chi connectivity index (χ4v) is 5.53. The number of aryl methyl sites for hydroxylation is 3. The highest BCUT2D eigenvalue weighted by atomic mass is 16.3. The molecule has 0 radical (unpaired) electrons. The summed E-state index contributed by atoms with van der Waals surface area (Å²) >= 11 is 0. The van der Waals surface area contributed by atoms with E-state index in [1.54, 1.807) is 6.20 Å². The van der Waals surface area contributed by atoms with Crippen molar-refractivity contribution in [1.29, 1.82) is 0 Å². The van der Waals surface area contributed by atoms with E-state index in [0.29, 0.717) is 11.6 Å². The molecule has 1 amide bonds. The lowest BCUT2D eigenvalue weighted by atomic mass is 9.84. The summed E-state index contributed by atoms with van der Waals surface area (Å²) in [6.07, 6.45) is 13.3. The summed E-state index contributed by atoms with van der Waals surface area (Å²) in [6.45, 7) is 10.3. The Morgan fingerprint density at radius 1 is 1.27 bits per heavy atom. The minimum Gasteiger partial charge on any atom is -0.385 e. The summed E-state index contributed by atoms with van der Waals surface area (Å²) < 4.78 is 0. The maximum absolute atomic E-state index is 13.3. The molecule has 176 valence electrons. The van der Waals surface area contributed by atoms with Gasteiger partial charge in [-0.05, 0) is 105 Å². The molecule has 2 fully saturated rings. The second-order valence-electron chi connectivity index (χ2n) is 10.1. The number of allylic oxidation sites excluding steroid dienone is 3. The molecule has 5 heteroatoms. The molecule has 5 nitrogen and oxygen atoms in total. The number of pyridine rings is 1. The van der Waals surface area contributed by atoms with Crippen LogP contribution in [0, 0.1) is 38.0 Å². The molecule has 0 aliphatic heterocycles. The monoisotopic (exact) mass is 447 g/mol. The molecule has 0 saturated heterocycles. The van der Waals surface area contributed by atoms with Gasteiger partial charge in [0.2, 0.25) is 5.91 Å². The van der Waals surface area contributed by atoms with Crippen molar-refractivity contribution >= 4 is 11.5 Å². The zero-order valence-electron chi connectivity index (χ0n) is 20.2. The van der Waals surface area contributed by atoms with Crippen molar-refractivity contribution in [3.8, 4) is 0 Å². The fourth-order valence-electron chi connectivity index (χ4n) is 5.53. The lowest BCUT2D eigenvalue weighted by molar-refractivity contribution is -0.128. The van der Waals surface area contributed by atoms with Crippen LogP contribution in [-0.2, 0) is 4.79 Å². The van der Waals surface area contributed by atoms with Gasteiger partial charge in [-0.25, -0.2) is 0 Å². The third-order valence-corrected chi connectivity index (χ3v) is 7.95. The Morgan fingerprint density at radius 2 is 2.06 bits per heavy atom. The molecule has 2 heterocycles. The van der Waals surface area contributed by atoms with Crippen LogP contribution in [0.2, 0.25) is 0 Å². The van der Waals surface area contributed by atoms with Gasteiger partial charge in [0.25, 0.3) is 0 Å². The third-order valence-electron chi connectivity index (χ3n) is 7.95. The number of hydrogen-bond acceptors (Lipinski definition) is 3. The maximum Gasteiger partial charge on any atom is 0.223 e. The summed E-state index contributed by atoms with van der Waals surface area (Å²) in [5, 5.41) is 13.6. The highest BCUT2D eigenvalue weighted by Crippen LogP contribution is 2.60. The van der Waals surface area contributed by atoms with E-state index >= 15 is 0 Å². The first-order chi connectivity index (χ1) is 15.8. The van der Waals surface area contributed by atoms with Crippen molar-refractivity contribution in [1.82, 2.24) is 15.3 Å². The molecule has 1 spiro atoms. The lowest BCUT2D eigenvalue weighted by Gasteiger charge is -2.24. The van der Waals surface area contributed by atoms with Gasteiger partial charge >= 0.3 is 0 Å². The molecule has 0 aromatic carbocycles. The van der Waals surface area contributed by atoms with Crippen molar-refractivity contribution in [2.75, 3.05) is 6.54 Å². The molecule has 2 aromatic heterocycles. The first-order valence-corrected chi connectivity index (χ1v) is 12.2. The Kier molecular flexibility index (Phi) is 6.89. The number of aliphatic hydroxyl groups excluding tert-OH is 1. The van der Waals surface area contributed by atoms with Gasteiger partial charge in [0.05, 0.1) is 5.69 Å². The first-order valence-electron chi connectivity index (χ1n) is 12.2. The Hall–Kier alpha value is -2.66. The number of amides is 1. The summed E-state index contributed by atoms with van der Waals surface area (Å²) in [5.74, 6) is 0.529. The number of aromatic amines is 1. The molecule has 2 aromatic rings. The minimum absolute atomic E-state index is 0.0136. The largest absolute Gasteiger partial charge is 0.385 e. The molecule has 3 N–H and O–H groups in total. The average molecular weight is 448 g/mol. The zero-order valence-corrected chi connectivity index (χ0v) is 20.2. The third kappa shape index (κ3) is 4.98. The number of rotatable bonds is 7. The van der Waals surface area contributed by atoms with Gasteiger partial charge in [-0.3, -0.25) is 9.78 Å². The van der Waals surface area contributed by atoms with Crippen LogP contribution in [-0.4, -0.2) is 27.5 Å². The second kappa shape index (κ2) is 9.68. The van der Waals surface area contributed by atoms with Crippen LogP contribution in [0.15, 0.2) is 43.3 Å². The van der Waals surface area contributed by atoms with E-state index in [1.807, 2.05) is 32.2 Å². The number of nitrogens with zero attached hydrogens (tertiary/aromatic N) is 1. The molecule has 4 rings (SSSR count). The average Bonchev–Trinajstić information content (AvgIpc) is 3.51. The number of aliphatic hydroxyl groups is 1. The standard InChI is InChI=1S/C28H37N3O2/c1-5-6-23(22-10-14-29-20(22)4)21-7-8-24(28(11-9-21)12-13-28)27(33)31-17-26(32)25-15-18(2)19(3)16-30-25/h5-6,10,14-16,21,24,26,29,32H,1,7-9,11-13,17H2,2-4H3,(H,31,33)/b23-6-/t21?,24-,26-/m1/s1. The van der Waals surface area contributed by atoms with Gasteiger partial charge in [0.1, 0.15) is 6.10 Å². The lowest BCUT2D eigenvalue weighted by Crippen LogP contribution is -2.37. The van der Waals surface area contributed by atoms with Gasteiger partial charge in [-0.2, -0.15) is 0 Å². The van der Waals surface area contributed by atoms with Gasteiger partial charge in [-0.1, -0.05) is 18.7 Å². The molecular weight excluding hydrogens is 410 g/mol. The van der Waals surface area contributed by atoms with Gasteiger partial charge in [0.15, 0.2) is 0 Å². The van der Waals surface area contributed by atoms with Crippen molar-refractivity contribution in [2.24, 2.45) is 17.3 Å². The van der Waals surface area contributed by atoms with Crippen LogP contribution in [0.25, 0.3) is 5.57 Å². The van der Waals surface area contributed by atoms with E-state index in [-0.39, 0.29) is 23.8 Å². The SMILES string of the molecule is C=C/C=C(\c1cc[nH]c1C)C1CC[C@H](C(=O)NC[C@@H](O)c2cc(C)c(C)cn2)C2(CC1)CC2. The summed E-state index contributed by atoms with van der Waals surface area (Å²) in [4.78, 5) is 20.9. The van der Waals surface area contributed by atoms with Gasteiger partial charge in [0, 0.05) is 30.6 Å². The number of aromatic nitrogens is 2. The van der Waals surface area contributed by atoms with E-state index in [4.69, 9.17) is 0 Å². The normalized spacial score (nSPS) is 23.1. The van der Waals surface area contributed by atoms with Crippen LogP contribution in [0.5, 0.6) is 0 Å². The van der Waals surface area contributed by atoms with Gasteiger partial charge in [-0.15, -0.1) is 0 Å². The summed E-state index contributed by atoms with van der Waals surface area (Å²) in [6, 6.07) is 4.05. The zero-order chi connectivity index (χ0) is 23.6. The van der Waals surface area contributed by atoms with E-state index in [1.165, 1.54) is 16.8 Å². The first kappa shape index (κ1) is 23.5. The molecule has 1 unspecified atom stereocenters. The topological polar surface area (TPSA) is 78.0 Å². The summed E-state index contributed by atoms with van der Waals surface area (Å²) in [5.41, 5.74) is 6.71. The highest BCUT2D eigenvalue weighted by molar-refractivity contribution is 5.80. The van der Waals surface area contributed by atoms with Crippen LogP contribution in [0.4, 0.5) is 0 Å². The number of carbonyl (C=O) groups excluding carboxylic acids is 1. The molecule has 33 heavy (non-hydrogen) atoms. The second-order valence-corrected chi connectivity index (χ2v) is 10.1. The van der Waals surface area contributed by atoms with Crippen molar-refractivity contribution in [3.05, 3.63) is 71.3 Å². The predicted octanol–water partition coefficient (Wildman–Crippen LogP) is 5.34. The Morgan fingerprint density at radius 3 is 2.70 bits per heavy atom. The molecule has 0 bridgehead atoms. The number of H-pyrrole nitrogens is 1. The Bertz CT molecular complexity index is 1050. The molecule has 2 saturated carbocycles. The van der Waals surface area contributed by atoms with Crippen molar-refractivity contribution < 1.29 is 9.90 Å². The van der Waals surface area contributed by atoms with Gasteiger partial charge < -0.3 is 15.4 Å². The van der Waals surface area contributed by atoms with E-state index in [9.17, 15) is 9.90 Å². The Labute approximate surface area is 197 Å². The van der Waals surface area contributed by atoms with E-state index < -0.39 is 6.10 Å². The smallest absolute Gasteiger partial charge is 0.223 e. The molecule has 2 aliphatic rings. The van der Waals surface area contributed by atoms with Crippen LogP contribution < -0.4 is 5.32 Å². The predicted molar refractivity (Wildman–Crippen MR) is 132 cm³/mol. The maximum atomic E-state index is 13.3. The van der Waals surface area contributed by atoms with Crippen LogP contribution >= 0.6 is 0 Å². The van der Waals surface area contributed by atoms with E-state index in [2.05, 4.69) is 40.9 Å². The minimum atomic E-state index is -0.791. The van der Waals surface area contributed by atoms with Crippen LogP contribution in [0.3, 0.4) is 0 Å². The fraction of sp³-hybridized carbons (Fsp3) is 0.500. The highest BCUT2D eigenvalue weighted by Gasteiger charge is 2.53. The molecular formula is C28H37N3O2. The molecule has 2 aliphatic carbocycles. The summed E-state index contributed by atoms with van der Waals surface area (Å²) in [7, 11) is 0. The number of hydrogen-bond donors (Lipinski definition) is 3. The number of carbonyl (C=O) groups is 1. The van der Waals surface area contributed by atoms with Crippen molar-refractivity contribution in [3.63, 3.8) is 0 Å². The van der Waals surface area contributed by atoms with Crippen LogP contribution in [0.1, 0.15) is 72.7 Å². The number of nitrogens with one attached hydrogen (secondary N) is 2. The van der Waals surface area contributed by atoms with E-state index in [0.717, 1.165) is 49.7 Å². The quantitative estimate of drug-likeness (QED) is 0.501. The molecule has 3 atom stereocenters. The Balaban J connectivity index is 1.42. The van der Waals surface area contributed by atoms with Crippen molar-refractivity contribution in [2.45, 2.75) is 65.4 Å².